The molecule has 0 aromatic carbocycles. The number of phosphoric acid groups is 2. The highest BCUT2D eigenvalue weighted by molar-refractivity contribution is 7.47. The highest BCUT2D eigenvalue weighted by Crippen LogP contribution is 2.50. The van der Waals surface area contributed by atoms with Gasteiger partial charge in [0.15, 0.2) is 0 Å². The fourth-order valence-electron chi connectivity index (χ4n) is 4.16. The summed E-state index contributed by atoms with van der Waals surface area (Å²) in [5.74, 6) is 0. The molecule has 3 heterocycles. The molecular formula is C16H32B2O16P2. The lowest BCUT2D eigenvalue weighted by Crippen LogP contribution is -2.38. The lowest BCUT2D eigenvalue weighted by molar-refractivity contribution is -0.0420. The first-order valence-corrected chi connectivity index (χ1v) is 14.3. The van der Waals surface area contributed by atoms with Crippen molar-refractivity contribution in [3.05, 3.63) is 0 Å². The van der Waals surface area contributed by atoms with E-state index in [0.717, 1.165) is 0 Å². The first-order chi connectivity index (χ1) is 16.7. The van der Waals surface area contributed by atoms with Crippen molar-refractivity contribution in [2.75, 3.05) is 19.8 Å². The van der Waals surface area contributed by atoms with Crippen molar-refractivity contribution < 1.29 is 76.8 Å². The van der Waals surface area contributed by atoms with E-state index in [1.54, 1.807) is 0 Å². The van der Waals surface area contributed by atoms with E-state index in [9.17, 15) is 44.4 Å². The van der Waals surface area contributed by atoms with Gasteiger partial charge in [-0.1, -0.05) is 0 Å². The molecule has 14 atom stereocenters. The van der Waals surface area contributed by atoms with Crippen LogP contribution in [0.25, 0.3) is 0 Å². The van der Waals surface area contributed by atoms with E-state index in [1.165, 1.54) is 22.6 Å². The van der Waals surface area contributed by atoms with E-state index in [-0.39, 0.29) is 0 Å². The second-order valence-electron chi connectivity index (χ2n) is 8.95. The van der Waals surface area contributed by atoms with Crippen LogP contribution in [0, 0.1) is 0 Å². The summed E-state index contributed by atoms with van der Waals surface area (Å²) in [6, 6.07) is -1.71. The molecule has 16 nitrogen and oxygen atoms in total. The molecule has 36 heavy (non-hydrogen) atoms. The van der Waals surface area contributed by atoms with Gasteiger partial charge in [-0.05, 0) is 6.92 Å². The number of hydrogen-bond acceptors (Lipinski definition) is 14. The van der Waals surface area contributed by atoms with Crippen molar-refractivity contribution in [2.45, 2.75) is 80.0 Å². The monoisotopic (exact) mass is 564 g/mol. The lowest BCUT2D eigenvalue weighted by Gasteiger charge is -2.26. The fraction of sp³-hybridized carbons (Fsp3) is 1.00. The topological polar surface area (TPSA) is 240 Å². The molecule has 5 unspecified atom stereocenters. The molecule has 3 aliphatic rings. The Morgan fingerprint density at radius 1 is 0.722 bits per heavy atom. The molecule has 208 valence electrons. The predicted octanol–water partition coefficient (Wildman–Crippen LogP) is -5.07. The van der Waals surface area contributed by atoms with Gasteiger partial charge in [0.05, 0.1) is 37.9 Å². The first kappa shape index (κ1) is 30.6. The SMILES string of the molecule is B[C@@H]1O[C@H](CO)C(OP(=O)(O)OC[C@H]2O[C@@H](B)[C@@H](O)C2OP(=O)(O)OC[C@H]2O[C@@H](C)[C@@H](O)C2O)[C@@H]1O. The van der Waals surface area contributed by atoms with Gasteiger partial charge in [0.25, 0.3) is 0 Å². The summed E-state index contributed by atoms with van der Waals surface area (Å²) in [4.78, 5) is 20.2. The van der Waals surface area contributed by atoms with Crippen molar-refractivity contribution in [1.29, 1.82) is 0 Å². The fourth-order valence-corrected chi connectivity index (χ4v) is 6.09. The minimum atomic E-state index is -4.89. The molecule has 0 aliphatic carbocycles. The zero-order chi connectivity index (χ0) is 27.0. The molecule has 3 rings (SSSR count). The Labute approximate surface area is 208 Å². The van der Waals surface area contributed by atoms with Gasteiger partial charge in [0.2, 0.25) is 0 Å². The highest BCUT2D eigenvalue weighted by atomic mass is 31.2. The minimum absolute atomic E-state index is 0.593. The average molecular weight is 564 g/mol. The third-order valence-corrected chi connectivity index (χ3v) is 8.21. The number of hydrogen-bond donors (Lipinski definition) is 7. The molecule has 0 aromatic heterocycles. The molecule has 3 saturated heterocycles. The van der Waals surface area contributed by atoms with Gasteiger partial charge in [-0.2, -0.15) is 0 Å². The number of rotatable bonds is 11. The summed E-state index contributed by atoms with van der Waals surface area (Å²) < 4.78 is 60.6. The second kappa shape index (κ2) is 12.0. The van der Waals surface area contributed by atoms with Crippen molar-refractivity contribution >= 4 is 31.3 Å². The highest BCUT2D eigenvalue weighted by Gasteiger charge is 2.49. The summed E-state index contributed by atoms with van der Waals surface area (Å²) in [5, 5.41) is 49.4. The van der Waals surface area contributed by atoms with Gasteiger partial charge < -0.3 is 49.5 Å². The lowest BCUT2D eigenvalue weighted by atomic mass is 9.93. The van der Waals surface area contributed by atoms with Crippen LogP contribution < -0.4 is 0 Å². The standard InChI is InChI=1S/C16H32B2O16P2/c1-5-9(20)10(21)7(30-5)3-28-35(24,25)34-14-8(32-16(18)12(14)23)4-29-36(26,27)33-13-6(2-19)31-15(17)11(13)22/h5-16,19-23H,2-4,17-18H2,1H3,(H,24,25)(H,26,27)/t5-,6+,7+,8+,9+,10?,11-,12-,13?,14?,15+,16+/m0/s1. The smallest absolute Gasteiger partial charge is 0.394 e. The van der Waals surface area contributed by atoms with Gasteiger partial charge in [0, 0.05) is 0 Å². The first-order valence-electron chi connectivity index (χ1n) is 11.3. The van der Waals surface area contributed by atoms with Crippen molar-refractivity contribution in [2.24, 2.45) is 0 Å². The molecule has 0 bridgehead atoms. The van der Waals surface area contributed by atoms with Gasteiger partial charge in [-0.25, -0.2) is 9.13 Å². The zero-order valence-electron chi connectivity index (χ0n) is 19.7. The van der Waals surface area contributed by atoms with E-state index in [4.69, 9.17) is 32.3 Å². The molecule has 0 radical (unpaired) electrons. The molecule has 3 aliphatic heterocycles. The van der Waals surface area contributed by atoms with Crippen LogP contribution >= 0.6 is 15.6 Å². The zero-order valence-corrected chi connectivity index (χ0v) is 21.5. The van der Waals surface area contributed by atoms with E-state index in [0.29, 0.717) is 0 Å². The molecule has 0 aromatic rings. The van der Waals surface area contributed by atoms with Crippen LogP contribution in [0.5, 0.6) is 0 Å². The van der Waals surface area contributed by atoms with Gasteiger partial charge in [0.1, 0.15) is 70.6 Å². The number of ether oxygens (including phenoxy) is 3. The quantitative estimate of drug-likeness (QED) is 0.0918. The van der Waals surface area contributed by atoms with Crippen molar-refractivity contribution in [3.8, 4) is 0 Å². The van der Waals surface area contributed by atoms with Crippen LogP contribution in [0.1, 0.15) is 6.92 Å². The maximum atomic E-state index is 12.5. The summed E-state index contributed by atoms with van der Waals surface area (Å²) >= 11 is 0. The second-order valence-corrected chi connectivity index (χ2v) is 11.8. The Bertz CT molecular complexity index is 840. The minimum Gasteiger partial charge on any atom is -0.394 e. The normalized spacial score (nSPS) is 46.6. The largest absolute Gasteiger partial charge is 0.472 e. The maximum absolute atomic E-state index is 12.5. The number of phosphoric ester groups is 2. The van der Waals surface area contributed by atoms with Gasteiger partial charge >= 0.3 is 15.6 Å². The molecule has 20 heteroatoms. The predicted molar refractivity (Wildman–Crippen MR) is 121 cm³/mol. The summed E-state index contributed by atoms with van der Waals surface area (Å²) in [6.45, 7) is -0.455. The third kappa shape index (κ3) is 7.16. The van der Waals surface area contributed by atoms with E-state index < -0.39 is 109 Å². The molecule has 3 fully saturated rings. The number of aliphatic hydroxyl groups excluding tert-OH is 5. The third-order valence-electron chi connectivity index (χ3n) is 6.24. The Hall–Kier alpha value is 0.0299. The molecule has 0 amide bonds. The van der Waals surface area contributed by atoms with Crippen LogP contribution in [-0.2, 0) is 41.4 Å². The van der Waals surface area contributed by atoms with Crippen LogP contribution in [-0.4, -0.2) is 144 Å². The van der Waals surface area contributed by atoms with E-state index in [2.05, 4.69) is 0 Å². The van der Waals surface area contributed by atoms with Gasteiger partial charge in [-0.15, -0.1) is 0 Å². The van der Waals surface area contributed by atoms with Gasteiger partial charge in [-0.3, -0.25) is 18.1 Å². The number of aliphatic hydroxyl groups is 5. The summed E-state index contributed by atoms with van der Waals surface area (Å²) in [5.41, 5.74) is 0. The average Bonchev–Trinajstić information content (AvgIpc) is 3.33. The molecule has 0 spiro atoms. The van der Waals surface area contributed by atoms with Crippen LogP contribution in [0.3, 0.4) is 0 Å². The summed E-state index contributed by atoms with van der Waals surface area (Å²) in [7, 11) is -6.86. The van der Waals surface area contributed by atoms with Crippen LogP contribution in [0.4, 0.5) is 0 Å². The summed E-state index contributed by atoms with van der Waals surface area (Å²) in [6.07, 6.45) is -12.5. The van der Waals surface area contributed by atoms with Crippen LogP contribution in [0.15, 0.2) is 0 Å². The Morgan fingerprint density at radius 3 is 1.61 bits per heavy atom. The Kier molecular flexibility index (Phi) is 10.2. The Morgan fingerprint density at radius 2 is 1.17 bits per heavy atom. The Balaban J connectivity index is 1.57. The molecule has 0 saturated carbocycles. The molecular weight excluding hydrogens is 532 g/mol. The van der Waals surface area contributed by atoms with Crippen LogP contribution in [0.2, 0.25) is 0 Å². The molecule has 7 N–H and O–H groups in total. The van der Waals surface area contributed by atoms with E-state index in [1.807, 2.05) is 0 Å². The van der Waals surface area contributed by atoms with E-state index >= 15 is 0 Å². The van der Waals surface area contributed by atoms with Crippen molar-refractivity contribution in [1.82, 2.24) is 0 Å². The maximum Gasteiger partial charge on any atom is 0.472 e. The van der Waals surface area contributed by atoms with Crippen molar-refractivity contribution in [3.63, 3.8) is 0 Å².